The Morgan fingerprint density at radius 3 is 2.26 bits per heavy atom. The fraction of sp³-hybridized carbons (Fsp3) is 0.385. The Balaban J connectivity index is 2.72. The molecule has 0 aliphatic rings. The van der Waals surface area contributed by atoms with Crippen LogP contribution < -0.4 is 10.5 Å². The Morgan fingerprint density at radius 2 is 1.79 bits per heavy atom. The Kier molecular flexibility index (Phi) is 4.78. The van der Waals surface area contributed by atoms with Gasteiger partial charge in [-0.15, -0.1) is 0 Å². The number of carbonyl (C=O) groups excluding carboxylic acids is 2. The first-order chi connectivity index (χ1) is 8.72. The van der Waals surface area contributed by atoms with Crippen molar-refractivity contribution in [3.63, 3.8) is 0 Å². The van der Waals surface area contributed by atoms with Gasteiger partial charge in [-0.3, -0.25) is 4.79 Å². The Bertz CT molecular complexity index is 470. The number of rotatable bonds is 5. The van der Waals surface area contributed by atoms with Crippen molar-refractivity contribution in [3.05, 3.63) is 29.3 Å². The number of hydrogen-bond donors (Lipinski definition) is 1. The molecule has 1 aromatic rings. The van der Waals surface area contributed by atoms with Crippen LogP contribution >= 0.6 is 11.6 Å². The number of nitrogens with two attached hydrogens (primary N) is 1. The van der Waals surface area contributed by atoms with Crippen molar-refractivity contribution in [1.29, 1.82) is 0 Å². The van der Waals surface area contributed by atoms with Crippen LogP contribution in [0.4, 0.5) is 0 Å². The highest BCUT2D eigenvalue weighted by molar-refractivity contribution is 6.30. The van der Waals surface area contributed by atoms with E-state index in [0.29, 0.717) is 10.8 Å². The second-order valence-electron chi connectivity index (χ2n) is 4.52. The number of carbonyl (C=O) groups is 2. The van der Waals surface area contributed by atoms with Gasteiger partial charge in [-0.1, -0.05) is 11.6 Å². The summed E-state index contributed by atoms with van der Waals surface area (Å²) >= 11 is 5.75. The molecule has 1 rings (SSSR count). The van der Waals surface area contributed by atoms with Crippen LogP contribution in [0, 0.1) is 0 Å². The van der Waals surface area contributed by atoms with E-state index in [2.05, 4.69) is 0 Å². The molecule has 0 spiro atoms. The summed E-state index contributed by atoms with van der Waals surface area (Å²) in [4.78, 5) is 22.7. The first-order valence-corrected chi connectivity index (χ1v) is 6.05. The molecule has 0 unspecified atom stereocenters. The van der Waals surface area contributed by atoms with E-state index in [1.54, 1.807) is 24.3 Å². The first-order valence-electron chi connectivity index (χ1n) is 5.67. The number of halogens is 1. The van der Waals surface area contributed by atoms with Gasteiger partial charge in [0.25, 0.3) is 5.91 Å². The van der Waals surface area contributed by atoms with E-state index >= 15 is 0 Å². The second kappa shape index (κ2) is 5.93. The monoisotopic (exact) mass is 285 g/mol. The van der Waals surface area contributed by atoms with Crippen molar-refractivity contribution in [1.82, 2.24) is 0 Å². The average Bonchev–Trinajstić information content (AvgIpc) is 2.31. The van der Waals surface area contributed by atoms with E-state index in [0.717, 1.165) is 0 Å². The third-order valence-corrected chi connectivity index (χ3v) is 2.61. The molecule has 0 fully saturated rings. The molecule has 0 aliphatic heterocycles. The zero-order valence-corrected chi connectivity index (χ0v) is 11.7. The standard InChI is InChI=1S/C13H16ClNO4/c1-8(11(15)16)18-12(17)13(2,3)19-10-6-4-9(14)5-7-10/h4-8H,1-3H3,(H2,15,16)/t8-/m1/s1. The van der Waals surface area contributed by atoms with E-state index in [-0.39, 0.29) is 0 Å². The molecule has 0 radical (unpaired) electrons. The fourth-order valence-electron chi connectivity index (χ4n) is 1.20. The molecule has 0 saturated heterocycles. The predicted octanol–water partition coefficient (Wildman–Crippen LogP) is 1.91. The summed E-state index contributed by atoms with van der Waals surface area (Å²) in [5.74, 6) is -0.914. The highest BCUT2D eigenvalue weighted by Crippen LogP contribution is 2.22. The van der Waals surface area contributed by atoms with Gasteiger partial charge in [0.05, 0.1) is 0 Å². The van der Waals surface area contributed by atoms with E-state index in [1.165, 1.54) is 20.8 Å². The largest absolute Gasteiger partial charge is 0.476 e. The van der Waals surface area contributed by atoms with Crippen LogP contribution in [0.5, 0.6) is 5.75 Å². The van der Waals surface area contributed by atoms with Gasteiger partial charge in [0.2, 0.25) is 0 Å². The van der Waals surface area contributed by atoms with Crippen LogP contribution in [0.25, 0.3) is 0 Å². The molecule has 0 heterocycles. The molecule has 19 heavy (non-hydrogen) atoms. The molecule has 5 nitrogen and oxygen atoms in total. The molecule has 1 atom stereocenters. The summed E-state index contributed by atoms with van der Waals surface area (Å²) < 4.78 is 10.4. The molecular weight excluding hydrogens is 270 g/mol. The lowest BCUT2D eigenvalue weighted by molar-refractivity contribution is -0.167. The van der Waals surface area contributed by atoms with Crippen molar-refractivity contribution in [2.75, 3.05) is 0 Å². The van der Waals surface area contributed by atoms with Crippen LogP contribution in [0.3, 0.4) is 0 Å². The molecule has 0 bridgehead atoms. The predicted molar refractivity (Wildman–Crippen MR) is 70.9 cm³/mol. The highest BCUT2D eigenvalue weighted by Gasteiger charge is 2.34. The van der Waals surface area contributed by atoms with Gasteiger partial charge in [-0.05, 0) is 45.0 Å². The van der Waals surface area contributed by atoms with Crippen LogP contribution in [-0.2, 0) is 14.3 Å². The number of ether oxygens (including phenoxy) is 2. The number of primary amides is 1. The normalized spacial score (nSPS) is 12.6. The third-order valence-electron chi connectivity index (χ3n) is 2.36. The van der Waals surface area contributed by atoms with Crippen molar-refractivity contribution < 1.29 is 19.1 Å². The zero-order chi connectivity index (χ0) is 14.6. The van der Waals surface area contributed by atoms with Crippen molar-refractivity contribution in [2.24, 2.45) is 5.73 Å². The van der Waals surface area contributed by atoms with E-state index < -0.39 is 23.6 Å². The first kappa shape index (κ1) is 15.3. The quantitative estimate of drug-likeness (QED) is 0.838. The summed E-state index contributed by atoms with van der Waals surface area (Å²) in [6.45, 7) is 4.48. The average molecular weight is 286 g/mol. The smallest absolute Gasteiger partial charge is 0.350 e. The van der Waals surface area contributed by atoms with Gasteiger partial charge in [0, 0.05) is 5.02 Å². The number of hydrogen-bond acceptors (Lipinski definition) is 4. The Labute approximate surface area is 116 Å². The SMILES string of the molecule is C[C@@H](OC(=O)C(C)(C)Oc1ccc(Cl)cc1)C(N)=O. The Hall–Kier alpha value is -1.75. The fourth-order valence-corrected chi connectivity index (χ4v) is 1.33. The zero-order valence-electron chi connectivity index (χ0n) is 11.0. The van der Waals surface area contributed by atoms with Gasteiger partial charge < -0.3 is 15.2 Å². The molecule has 1 aromatic carbocycles. The Morgan fingerprint density at radius 1 is 1.26 bits per heavy atom. The molecular formula is C13H16ClNO4. The van der Waals surface area contributed by atoms with E-state index in [4.69, 9.17) is 26.8 Å². The van der Waals surface area contributed by atoms with Crippen molar-refractivity contribution in [3.8, 4) is 5.75 Å². The topological polar surface area (TPSA) is 78.6 Å². The lowest BCUT2D eigenvalue weighted by Gasteiger charge is -2.25. The number of benzene rings is 1. The van der Waals surface area contributed by atoms with Crippen LogP contribution in [0.1, 0.15) is 20.8 Å². The van der Waals surface area contributed by atoms with Gasteiger partial charge in [0.15, 0.2) is 11.7 Å². The summed E-state index contributed by atoms with van der Waals surface area (Å²) in [5.41, 5.74) is 3.79. The molecule has 0 aliphatic carbocycles. The second-order valence-corrected chi connectivity index (χ2v) is 4.95. The molecule has 6 heteroatoms. The minimum atomic E-state index is -1.24. The van der Waals surface area contributed by atoms with Gasteiger partial charge >= 0.3 is 5.97 Å². The lowest BCUT2D eigenvalue weighted by atomic mass is 10.1. The van der Waals surface area contributed by atoms with Gasteiger partial charge in [0.1, 0.15) is 5.75 Å². The number of esters is 1. The van der Waals surface area contributed by atoms with E-state index in [1.807, 2.05) is 0 Å². The summed E-state index contributed by atoms with van der Waals surface area (Å²) in [6, 6.07) is 6.55. The molecule has 104 valence electrons. The maximum absolute atomic E-state index is 11.9. The summed E-state index contributed by atoms with van der Waals surface area (Å²) in [5, 5.41) is 0.565. The van der Waals surface area contributed by atoms with Crippen LogP contribution in [0.2, 0.25) is 5.02 Å². The molecule has 0 aromatic heterocycles. The van der Waals surface area contributed by atoms with Gasteiger partial charge in [-0.25, -0.2) is 4.79 Å². The molecule has 0 saturated carbocycles. The van der Waals surface area contributed by atoms with Gasteiger partial charge in [-0.2, -0.15) is 0 Å². The minimum absolute atomic E-state index is 0.470. The minimum Gasteiger partial charge on any atom is -0.476 e. The molecule has 2 N–H and O–H groups in total. The molecule has 1 amide bonds. The van der Waals surface area contributed by atoms with Crippen molar-refractivity contribution >= 4 is 23.5 Å². The summed E-state index contributed by atoms with van der Waals surface area (Å²) in [7, 11) is 0. The van der Waals surface area contributed by atoms with Crippen LogP contribution in [-0.4, -0.2) is 23.6 Å². The van der Waals surface area contributed by atoms with Crippen molar-refractivity contribution in [2.45, 2.75) is 32.5 Å². The maximum atomic E-state index is 11.9. The van der Waals surface area contributed by atoms with E-state index in [9.17, 15) is 9.59 Å². The lowest BCUT2D eigenvalue weighted by Crippen LogP contribution is -2.43. The van der Waals surface area contributed by atoms with Crippen LogP contribution in [0.15, 0.2) is 24.3 Å². The number of amides is 1. The summed E-state index contributed by atoms with van der Waals surface area (Å²) in [6.07, 6.45) is -0.999. The third kappa shape index (κ3) is 4.44. The highest BCUT2D eigenvalue weighted by atomic mass is 35.5. The maximum Gasteiger partial charge on any atom is 0.350 e.